The van der Waals surface area contributed by atoms with Crippen LogP contribution in [0.3, 0.4) is 0 Å². The maximum Gasteiger partial charge on any atom is 0.141 e. The molecule has 0 amide bonds. The summed E-state index contributed by atoms with van der Waals surface area (Å²) in [5.41, 5.74) is 2.27. The van der Waals surface area contributed by atoms with Crippen molar-refractivity contribution in [2.24, 2.45) is 0 Å². The van der Waals surface area contributed by atoms with Gasteiger partial charge in [0, 0.05) is 11.1 Å². The Morgan fingerprint density at radius 2 is 2.00 bits per heavy atom. The van der Waals surface area contributed by atoms with Gasteiger partial charge in [-0.2, -0.15) is 0 Å². The van der Waals surface area contributed by atoms with Crippen LogP contribution < -0.4 is 4.74 Å². The lowest BCUT2D eigenvalue weighted by Crippen LogP contribution is -1.90. The zero-order valence-corrected chi connectivity index (χ0v) is 10.5. The monoisotopic (exact) mass is 260 g/mol. The fourth-order valence-corrected chi connectivity index (χ4v) is 1.87. The summed E-state index contributed by atoms with van der Waals surface area (Å²) >= 11 is 5.78. The molecule has 2 rings (SSSR count). The van der Waals surface area contributed by atoms with Gasteiger partial charge in [0.05, 0.1) is 12.1 Å². The zero-order valence-electron chi connectivity index (χ0n) is 9.71. The molecule has 0 aromatic heterocycles. The molecule has 0 atom stereocenters. The second-order valence-corrected chi connectivity index (χ2v) is 4.10. The van der Waals surface area contributed by atoms with Crippen molar-refractivity contribution in [2.45, 2.75) is 0 Å². The van der Waals surface area contributed by atoms with Gasteiger partial charge in [0.1, 0.15) is 11.6 Å². The van der Waals surface area contributed by atoms with Crippen LogP contribution >= 0.6 is 11.6 Å². The van der Waals surface area contributed by atoms with Crippen molar-refractivity contribution in [2.75, 3.05) is 7.11 Å². The first-order chi connectivity index (χ1) is 8.65. The Kier molecular flexibility index (Phi) is 3.55. The third kappa shape index (κ3) is 2.32. The minimum atomic E-state index is -0.451. The third-order valence-electron chi connectivity index (χ3n) is 2.60. The quantitative estimate of drug-likeness (QED) is 0.738. The molecule has 2 aromatic carbocycles. The van der Waals surface area contributed by atoms with E-state index >= 15 is 0 Å². The maximum absolute atomic E-state index is 13.1. The largest absolute Gasteiger partial charge is 0.496 e. The predicted molar refractivity (Wildman–Crippen MR) is 71.3 cm³/mol. The normalized spacial score (nSPS) is 9.89. The molecule has 1 nitrogen and oxygen atoms in total. The van der Waals surface area contributed by atoms with Gasteiger partial charge < -0.3 is 4.74 Å². The molecular formula is C15H10ClFO. The molecule has 0 saturated heterocycles. The summed E-state index contributed by atoms with van der Waals surface area (Å²) < 4.78 is 18.4. The number of hydrogen-bond donors (Lipinski definition) is 0. The van der Waals surface area contributed by atoms with Gasteiger partial charge in [-0.25, -0.2) is 4.39 Å². The van der Waals surface area contributed by atoms with E-state index in [9.17, 15) is 4.39 Å². The van der Waals surface area contributed by atoms with E-state index < -0.39 is 5.82 Å². The van der Waals surface area contributed by atoms with Gasteiger partial charge in [-0.15, -0.1) is 6.42 Å². The lowest BCUT2D eigenvalue weighted by atomic mass is 10.0. The molecule has 3 heteroatoms. The minimum absolute atomic E-state index is 0.0701. The van der Waals surface area contributed by atoms with Crippen LogP contribution in [0.1, 0.15) is 5.56 Å². The van der Waals surface area contributed by atoms with Gasteiger partial charge in [-0.3, -0.25) is 0 Å². The molecule has 2 aromatic rings. The predicted octanol–water partition coefficient (Wildman–Crippen LogP) is 4.14. The van der Waals surface area contributed by atoms with E-state index in [-0.39, 0.29) is 5.02 Å². The standard InChI is InChI=1S/C15H10ClFO/c1-3-10-4-7-15(18-2)12(8-10)11-5-6-14(17)13(16)9-11/h1,4-9H,2H3. The highest BCUT2D eigenvalue weighted by molar-refractivity contribution is 6.31. The average molecular weight is 261 g/mol. The Morgan fingerprint density at radius 1 is 1.22 bits per heavy atom. The van der Waals surface area contributed by atoms with Crippen molar-refractivity contribution < 1.29 is 9.13 Å². The van der Waals surface area contributed by atoms with Crippen molar-refractivity contribution in [3.8, 4) is 29.2 Å². The minimum Gasteiger partial charge on any atom is -0.496 e. The van der Waals surface area contributed by atoms with Crippen LogP contribution in [-0.2, 0) is 0 Å². The lowest BCUT2D eigenvalue weighted by Gasteiger charge is -2.09. The summed E-state index contributed by atoms with van der Waals surface area (Å²) in [5.74, 6) is 2.76. The van der Waals surface area contributed by atoms with E-state index in [4.69, 9.17) is 22.8 Å². The first-order valence-electron chi connectivity index (χ1n) is 5.26. The van der Waals surface area contributed by atoms with Crippen LogP contribution in [-0.4, -0.2) is 7.11 Å². The number of rotatable bonds is 2. The Balaban J connectivity index is 2.61. The van der Waals surface area contributed by atoms with Crippen molar-refractivity contribution in [3.63, 3.8) is 0 Å². The van der Waals surface area contributed by atoms with Crippen molar-refractivity contribution in [1.82, 2.24) is 0 Å². The molecule has 0 heterocycles. The van der Waals surface area contributed by atoms with E-state index in [2.05, 4.69) is 5.92 Å². The topological polar surface area (TPSA) is 9.23 Å². The lowest BCUT2D eigenvalue weighted by molar-refractivity contribution is 0.416. The molecular weight excluding hydrogens is 251 g/mol. The fraction of sp³-hybridized carbons (Fsp3) is 0.0667. The highest BCUT2D eigenvalue weighted by Crippen LogP contribution is 2.32. The molecule has 0 unspecified atom stereocenters. The molecule has 0 radical (unpaired) electrons. The van der Waals surface area contributed by atoms with Crippen molar-refractivity contribution in [3.05, 3.63) is 52.8 Å². The van der Waals surface area contributed by atoms with Gasteiger partial charge in [-0.1, -0.05) is 23.6 Å². The van der Waals surface area contributed by atoms with Crippen LogP contribution in [0.5, 0.6) is 5.75 Å². The summed E-state index contributed by atoms with van der Waals surface area (Å²) in [6.45, 7) is 0. The molecule has 0 bridgehead atoms. The molecule has 0 fully saturated rings. The summed E-state index contributed by atoms with van der Waals surface area (Å²) in [6.07, 6.45) is 5.37. The highest BCUT2D eigenvalue weighted by Gasteiger charge is 2.09. The van der Waals surface area contributed by atoms with Gasteiger partial charge in [0.25, 0.3) is 0 Å². The fourth-order valence-electron chi connectivity index (χ4n) is 1.69. The Morgan fingerprint density at radius 3 is 2.61 bits per heavy atom. The number of benzene rings is 2. The number of methoxy groups -OCH3 is 1. The molecule has 0 spiro atoms. The summed E-state index contributed by atoms with van der Waals surface area (Å²) in [7, 11) is 1.57. The summed E-state index contributed by atoms with van der Waals surface area (Å²) in [6, 6.07) is 9.88. The third-order valence-corrected chi connectivity index (χ3v) is 2.89. The molecule has 0 aliphatic rings. The Bertz CT molecular complexity index is 629. The first-order valence-corrected chi connectivity index (χ1v) is 5.63. The molecule has 0 saturated carbocycles. The van der Waals surface area contributed by atoms with Crippen LogP contribution in [0, 0.1) is 18.2 Å². The van der Waals surface area contributed by atoms with Crippen LogP contribution in [0.2, 0.25) is 5.02 Å². The van der Waals surface area contributed by atoms with Gasteiger partial charge in [0.15, 0.2) is 0 Å². The van der Waals surface area contributed by atoms with E-state index in [0.29, 0.717) is 5.75 Å². The molecule has 0 aliphatic heterocycles. The second kappa shape index (κ2) is 5.12. The Hall–Kier alpha value is -1.98. The summed E-state index contributed by atoms with van der Waals surface area (Å²) in [5, 5.41) is 0.0701. The maximum atomic E-state index is 13.1. The van der Waals surface area contributed by atoms with Gasteiger partial charge >= 0.3 is 0 Å². The van der Waals surface area contributed by atoms with E-state index in [1.54, 1.807) is 31.4 Å². The summed E-state index contributed by atoms with van der Waals surface area (Å²) in [4.78, 5) is 0. The number of terminal acetylenes is 1. The SMILES string of the molecule is C#Cc1ccc(OC)c(-c2ccc(F)c(Cl)c2)c1. The van der Waals surface area contributed by atoms with Gasteiger partial charge in [0.2, 0.25) is 0 Å². The molecule has 90 valence electrons. The molecule has 0 aliphatic carbocycles. The smallest absolute Gasteiger partial charge is 0.141 e. The first kappa shape index (κ1) is 12.5. The molecule has 18 heavy (non-hydrogen) atoms. The Labute approximate surface area is 110 Å². The molecule has 0 N–H and O–H groups in total. The average Bonchev–Trinajstić information content (AvgIpc) is 2.41. The number of halogens is 2. The van der Waals surface area contributed by atoms with E-state index in [0.717, 1.165) is 16.7 Å². The van der Waals surface area contributed by atoms with E-state index in [1.165, 1.54) is 6.07 Å². The van der Waals surface area contributed by atoms with Crippen LogP contribution in [0.15, 0.2) is 36.4 Å². The van der Waals surface area contributed by atoms with Crippen LogP contribution in [0.4, 0.5) is 4.39 Å². The van der Waals surface area contributed by atoms with E-state index in [1.807, 2.05) is 6.07 Å². The van der Waals surface area contributed by atoms with Crippen LogP contribution in [0.25, 0.3) is 11.1 Å². The second-order valence-electron chi connectivity index (χ2n) is 3.69. The number of hydrogen-bond acceptors (Lipinski definition) is 1. The van der Waals surface area contributed by atoms with Crippen molar-refractivity contribution in [1.29, 1.82) is 0 Å². The van der Waals surface area contributed by atoms with Gasteiger partial charge in [-0.05, 0) is 35.9 Å². The van der Waals surface area contributed by atoms with Crippen molar-refractivity contribution >= 4 is 11.6 Å². The highest BCUT2D eigenvalue weighted by atomic mass is 35.5. The number of ether oxygens (including phenoxy) is 1. The zero-order chi connectivity index (χ0) is 13.1.